The zero-order valence-corrected chi connectivity index (χ0v) is 12.1. The lowest BCUT2D eigenvalue weighted by Gasteiger charge is -2.09. The normalized spacial score (nSPS) is 9.95. The van der Waals surface area contributed by atoms with E-state index in [1.54, 1.807) is 6.07 Å². The van der Waals surface area contributed by atoms with E-state index >= 15 is 0 Å². The Labute approximate surface area is 125 Å². The van der Waals surface area contributed by atoms with Gasteiger partial charge in [0.15, 0.2) is 0 Å². The Kier molecular flexibility index (Phi) is 5.64. The molecular formula is C17H20N2O2. The van der Waals surface area contributed by atoms with E-state index in [0.29, 0.717) is 18.0 Å². The van der Waals surface area contributed by atoms with Crippen LogP contribution in [0, 0.1) is 0 Å². The van der Waals surface area contributed by atoms with Crippen LogP contribution < -0.4 is 15.4 Å². The summed E-state index contributed by atoms with van der Waals surface area (Å²) in [7, 11) is 0. The number of carbonyl (C=O) groups excluding carboxylic acids is 1. The minimum absolute atomic E-state index is 0.194. The first-order chi connectivity index (χ1) is 10.3. The Bertz CT molecular complexity index is 570. The molecule has 0 saturated carbocycles. The fraction of sp³-hybridized carbons (Fsp3) is 0.235. The minimum Gasteiger partial charge on any atom is -0.457 e. The van der Waals surface area contributed by atoms with Gasteiger partial charge in [-0.25, -0.2) is 4.79 Å². The molecular weight excluding hydrogens is 264 g/mol. The third-order valence-electron chi connectivity index (χ3n) is 2.89. The Morgan fingerprint density at radius 2 is 1.81 bits per heavy atom. The zero-order valence-electron chi connectivity index (χ0n) is 12.1. The second-order valence-electron chi connectivity index (χ2n) is 4.68. The second-order valence-corrected chi connectivity index (χ2v) is 4.68. The lowest BCUT2D eigenvalue weighted by Crippen LogP contribution is -2.29. The number of unbranched alkanes of at least 4 members (excludes halogenated alkanes) is 1. The number of amides is 2. The third-order valence-corrected chi connectivity index (χ3v) is 2.89. The number of para-hydroxylation sites is 1. The van der Waals surface area contributed by atoms with Crippen molar-refractivity contribution in [2.75, 3.05) is 11.9 Å². The Hall–Kier alpha value is -2.49. The molecule has 0 aliphatic heterocycles. The number of urea groups is 1. The highest BCUT2D eigenvalue weighted by atomic mass is 16.5. The van der Waals surface area contributed by atoms with Crippen molar-refractivity contribution < 1.29 is 9.53 Å². The van der Waals surface area contributed by atoms with Gasteiger partial charge in [0.1, 0.15) is 11.5 Å². The Morgan fingerprint density at radius 1 is 1.05 bits per heavy atom. The van der Waals surface area contributed by atoms with Crippen molar-refractivity contribution in [3.05, 3.63) is 54.6 Å². The molecule has 0 aliphatic carbocycles. The molecule has 21 heavy (non-hydrogen) atoms. The molecule has 0 aliphatic rings. The summed E-state index contributed by atoms with van der Waals surface area (Å²) in [5.74, 6) is 1.45. The fourth-order valence-corrected chi connectivity index (χ4v) is 1.82. The van der Waals surface area contributed by atoms with Gasteiger partial charge >= 0.3 is 6.03 Å². The average molecular weight is 284 g/mol. The zero-order chi connectivity index (χ0) is 14.9. The monoisotopic (exact) mass is 284 g/mol. The van der Waals surface area contributed by atoms with Gasteiger partial charge in [0.2, 0.25) is 0 Å². The molecule has 0 spiro atoms. The summed E-state index contributed by atoms with van der Waals surface area (Å²) in [4.78, 5) is 11.7. The lowest BCUT2D eigenvalue weighted by atomic mass is 10.3. The number of ether oxygens (including phenoxy) is 1. The van der Waals surface area contributed by atoms with Gasteiger partial charge in [-0.3, -0.25) is 0 Å². The van der Waals surface area contributed by atoms with Gasteiger partial charge in [-0.05, 0) is 30.7 Å². The van der Waals surface area contributed by atoms with Crippen molar-refractivity contribution in [1.82, 2.24) is 5.32 Å². The van der Waals surface area contributed by atoms with Crippen molar-refractivity contribution in [1.29, 1.82) is 0 Å². The smallest absolute Gasteiger partial charge is 0.319 e. The number of carbonyl (C=O) groups is 1. The van der Waals surface area contributed by atoms with Crippen molar-refractivity contribution in [3.8, 4) is 11.5 Å². The van der Waals surface area contributed by atoms with E-state index in [4.69, 9.17) is 4.74 Å². The predicted octanol–water partition coefficient (Wildman–Crippen LogP) is 4.40. The average Bonchev–Trinajstić information content (AvgIpc) is 2.49. The molecule has 0 fully saturated rings. The summed E-state index contributed by atoms with van der Waals surface area (Å²) in [6.45, 7) is 2.77. The Morgan fingerprint density at radius 3 is 2.57 bits per heavy atom. The first kappa shape index (κ1) is 14.9. The summed E-state index contributed by atoms with van der Waals surface area (Å²) in [5, 5.41) is 5.61. The molecule has 0 bridgehead atoms. The van der Waals surface area contributed by atoms with Gasteiger partial charge in [-0.15, -0.1) is 0 Å². The van der Waals surface area contributed by atoms with E-state index in [9.17, 15) is 4.79 Å². The van der Waals surface area contributed by atoms with Crippen LogP contribution in [0.1, 0.15) is 19.8 Å². The van der Waals surface area contributed by atoms with E-state index in [1.165, 1.54) is 0 Å². The van der Waals surface area contributed by atoms with Crippen LogP contribution in [0.15, 0.2) is 54.6 Å². The maximum Gasteiger partial charge on any atom is 0.319 e. The summed E-state index contributed by atoms with van der Waals surface area (Å²) in [6, 6.07) is 16.7. The largest absolute Gasteiger partial charge is 0.457 e. The maximum absolute atomic E-state index is 11.7. The van der Waals surface area contributed by atoms with Crippen LogP contribution in [0.4, 0.5) is 10.5 Å². The van der Waals surface area contributed by atoms with Crippen molar-refractivity contribution in [3.63, 3.8) is 0 Å². The molecule has 2 aromatic rings. The molecule has 2 rings (SSSR count). The fourth-order valence-electron chi connectivity index (χ4n) is 1.82. The third kappa shape index (κ3) is 5.18. The number of nitrogens with one attached hydrogen (secondary N) is 2. The van der Waals surface area contributed by atoms with Crippen LogP contribution in [-0.2, 0) is 0 Å². The number of benzene rings is 2. The van der Waals surface area contributed by atoms with E-state index in [2.05, 4.69) is 17.6 Å². The maximum atomic E-state index is 11.7. The first-order valence-corrected chi connectivity index (χ1v) is 7.16. The number of hydrogen-bond donors (Lipinski definition) is 2. The SMILES string of the molecule is CCCCNC(=O)Nc1cccc(Oc2ccccc2)c1. The minimum atomic E-state index is -0.194. The molecule has 0 unspecified atom stereocenters. The van der Waals surface area contributed by atoms with Gasteiger partial charge in [0, 0.05) is 18.3 Å². The molecule has 0 saturated heterocycles. The van der Waals surface area contributed by atoms with Crippen LogP contribution in [-0.4, -0.2) is 12.6 Å². The number of rotatable bonds is 6. The molecule has 0 radical (unpaired) electrons. The molecule has 4 nitrogen and oxygen atoms in total. The van der Waals surface area contributed by atoms with Gasteiger partial charge in [0.25, 0.3) is 0 Å². The standard InChI is InChI=1S/C17H20N2O2/c1-2-3-12-18-17(20)19-14-8-7-11-16(13-14)21-15-9-5-4-6-10-15/h4-11,13H,2-3,12H2,1H3,(H2,18,19,20). The highest BCUT2D eigenvalue weighted by Crippen LogP contribution is 2.23. The van der Waals surface area contributed by atoms with E-state index < -0.39 is 0 Å². The van der Waals surface area contributed by atoms with Crippen LogP contribution in [0.3, 0.4) is 0 Å². The predicted molar refractivity (Wildman–Crippen MR) is 84.9 cm³/mol. The van der Waals surface area contributed by atoms with Gasteiger partial charge in [0.05, 0.1) is 0 Å². The molecule has 4 heteroatoms. The second kappa shape index (κ2) is 7.94. The van der Waals surface area contributed by atoms with Crippen molar-refractivity contribution >= 4 is 11.7 Å². The van der Waals surface area contributed by atoms with Crippen molar-refractivity contribution in [2.24, 2.45) is 0 Å². The highest BCUT2D eigenvalue weighted by molar-refractivity contribution is 5.89. The molecule has 2 amide bonds. The molecule has 110 valence electrons. The summed E-state index contributed by atoms with van der Waals surface area (Å²) >= 11 is 0. The highest BCUT2D eigenvalue weighted by Gasteiger charge is 2.03. The summed E-state index contributed by atoms with van der Waals surface area (Å²) in [6.07, 6.45) is 2.03. The molecule has 0 heterocycles. The van der Waals surface area contributed by atoms with E-state index in [1.807, 2.05) is 48.5 Å². The van der Waals surface area contributed by atoms with E-state index in [-0.39, 0.29) is 6.03 Å². The lowest BCUT2D eigenvalue weighted by molar-refractivity contribution is 0.252. The van der Waals surface area contributed by atoms with Crippen LogP contribution in [0.2, 0.25) is 0 Å². The number of anilines is 1. The van der Waals surface area contributed by atoms with Gasteiger partial charge in [-0.1, -0.05) is 37.6 Å². The van der Waals surface area contributed by atoms with Gasteiger partial charge in [-0.2, -0.15) is 0 Å². The Balaban J connectivity index is 1.93. The number of hydrogen-bond acceptors (Lipinski definition) is 2. The van der Waals surface area contributed by atoms with Crippen LogP contribution in [0.25, 0.3) is 0 Å². The summed E-state index contributed by atoms with van der Waals surface area (Å²) in [5.41, 5.74) is 0.706. The van der Waals surface area contributed by atoms with Crippen LogP contribution in [0.5, 0.6) is 11.5 Å². The molecule has 2 aromatic carbocycles. The molecule has 0 aromatic heterocycles. The van der Waals surface area contributed by atoms with Crippen molar-refractivity contribution in [2.45, 2.75) is 19.8 Å². The molecule has 0 atom stereocenters. The quantitative estimate of drug-likeness (QED) is 0.772. The van der Waals surface area contributed by atoms with Gasteiger partial charge < -0.3 is 15.4 Å². The van der Waals surface area contributed by atoms with E-state index in [0.717, 1.165) is 18.6 Å². The first-order valence-electron chi connectivity index (χ1n) is 7.16. The van der Waals surface area contributed by atoms with Crippen LogP contribution >= 0.6 is 0 Å². The molecule has 2 N–H and O–H groups in total. The summed E-state index contributed by atoms with van der Waals surface area (Å²) < 4.78 is 5.73. The topological polar surface area (TPSA) is 50.4 Å².